The Morgan fingerprint density at radius 2 is 2.15 bits per heavy atom. The molecule has 0 radical (unpaired) electrons. The third kappa shape index (κ3) is 2.91. The van der Waals surface area contributed by atoms with E-state index in [1.807, 2.05) is 12.1 Å². The molecule has 1 saturated heterocycles. The smallest absolute Gasteiger partial charge is 0.126 e. The van der Waals surface area contributed by atoms with Crippen LogP contribution in [-0.2, 0) is 0 Å². The molecular weight excluding hydrogens is 252 g/mol. The minimum atomic E-state index is -0.527. The van der Waals surface area contributed by atoms with E-state index in [0.29, 0.717) is 6.04 Å². The fourth-order valence-corrected chi connectivity index (χ4v) is 3.09. The molecule has 1 unspecified atom stereocenters. The van der Waals surface area contributed by atoms with Crippen molar-refractivity contribution in [3.05, 3.63) is 23.8 Å². The van der Waals surface area contributed by atoms with Crippen LogP contribution in [0.3, 0.4) is 0 Å². The number of hydrogen-bond donors (Lipinski definition) is 1. The van der Waals surface area contributed by atoms with Gasteiger partial charge in [0.05, 0.1) is 13.2 Å². The van der Waals surface area contributed by atoms with E-state index in [1.165, 1.54) is 0 Å². The molecule has 4 heteroatoms. The molecule has 1 aliphatic rings. The first-order valence-corrected chi connectivity index (χ1v) is 7.42. The third-order valence-corrected chi connectivity index (χ3v) is 4.19. The molecule has 0 aromatic heterocycles. The van der Waals surface area contributed by atoms with E-state index in [1.54, 1.807) is 14.0 Å². The van der Waals surface area contributed by atoms with Crippen LogP contribution in [0.25, 0.3) is 0 Å². The minimum absolute atomic E-state index is 0.527. The molecule has 20 heavy (non-hydrogen) atoms. The summed E-state index contributed by atoms with van der Waals surface area (Å²) in [6.45, 7) is 10.4. The summed E-state index contributed by atoms with van der Waals surface area (Å²) >= 11 is 0. The van der Waals surface area contributed by atoms with Crippen molar-refractivity contribution in [1.82, 2.24) is 4.90 Å². The third-order valence-electron chi connectivity index (χ3n) is 4.19. The summed E-state index contributed by atoms with van der Waals surface area (Å²) in [5, 5.41) is 10.1. The van der Waals surface area contributed by atoms with Crippen molar-refractivity contribution in [1.29, 1.82) is 0 Å². The number of aliphatic hydroxyl groups is 1. The number of rotatable bonds is 4. The van der Waals surface area contributed by atoms with Crippen molar-refractivity contribution in [3.63, 3.8) is 0 Å². The van der Waals surface area contributed by atoms with Gasteiger partial charge in [0, 0.05) is 36.9 Å². The number of benzene rings is 1. The maximum atomic E-state index is 10.1. The van der Waals surface area contributed by atoms with E-state index in [0.717, 1.165) is 43.2 Å². The Bertz CT molecular complexity index is 448. The second-order valence-corrected chi connectivity index (χ2v) is 5.49. The number of nitrogens with zero attached hydrogens (tertiary/aromatic N) is 2. The van der Waals surface area contributed by atoms with Gasteiger partial charge >= 0.3 is 0 Å². The molecule has 0 bridgehead atoms. The highest BCUT2D eigenvalue weighted by atomic mass is 16.5. The van der Waals surface area contributed by atoms with Crippen molar-refractivity contribution in [3.8, 4) is 5.75 Å². The summed E-state index contributed by atoms with van der Waals surface area (Å²) in [6.07, 6.45) is -0.527. The second-order valence-electron chi connectivity index (χ2n) is 5.49. The van der Waals surface area contributed by atoms with Crippen LogP contribution in [0.15, 0.2) is 18.2 Å². The van der Waals surface area contributed by atoms with Crippen molar-refractivity contribution in [2.24, 2.45) is 0 Å². The SMILES string of the molecule is CCN1CCN(c2cccc(OC)c2[C@H](C)O)CC1C. The molecule has 0 amide bonds. The lowest BCUT2D eigenvalue weighted by molar-refractivity contribution is 0.189. The zero-order chi connectivity index (χ0) is 14.7. The molecule has 4 nitrogen and oxygen atoms in total. The fraction of sp³-hybridized carbons (Fsp3) is 0.625. The first-order valence-electron chi connectivity index (χ1n) is 7.42. The number of likely N-dealkylation sites (N-methyl/N-ethyl adjacent to an activating group) is 1. The zero-order valence-corrected chi connectivity index (χ0v) is 13.0. The summed E-state index contributed by atoms with van der Waals surface area (Å²) in [5.74, 6) is 0.767. The van der Waals surface area contributed by atoms with E-state index < -0.39 is 6.10 Å². The highest BCUT2D eigenvalue weighted by Crippen LogP contribution is 2.35. The highest BCUT2D eigenvalue weighted by Gasteiger charge is 2.26. The van der Waals surface area contributed by atoms with Crippen molar-refractivity contribution in [2.45, 2.75) is 32.9 Å². The topological polar surface area (TPSA) is 35.9 Å². The highest BCUT2D eigenvalue weighted by molar-refractivity contribution is 5.60. The molecule has 0 aliphatic carbocycles. The average Bonchev–Trinajstić information content (AvgIpc) is 2.46. The van der Waals surface area contributed by atoms with Crippen LogP contribution in [-0.4, -0.2) is 49.3 Å². The van der Waals surface area contributed by atoms with Crippen molar-refractivity contribution in [2.75, 3.05) is 38.2 Å². The predicted octanol–water partition coefficient (Wildman–Crippen LogP) is 2.28. The quantitative estimate of drug-likeness (QED) is 0.916. The van der Waals surface area contributed by atoms with Gasteiger partial charge in [0.15, 0.2) is 0 Å². The van der Waals surface area contributed by atoms with Crippen LogP contribution in [0.2, 0.25) is 0 Å². The normalized spacial score (nSPS) is 21.9. The van der Waals surface area contributed by atoms with E-state index in [-0.39, 0.29) is 0 Å². The molecule has 0 spiro atoms. The van der Waals surface area contributed by atoms with Crippen molar-refractivity contribution >= 4 is 5.69 Å². The Hall–Kier alpha value is -1.26. The van der Waals surface area contributed by atoms with Gasteiger partial charge in [-0.15, -0.1) is 0 Å². The van der Waals surface area contributed by atoms with Crippen LogP contribution in [0, 0.1) is 0 Å². The summed E-state index contributed by atoms with van der Waals surface area (Å²) in [4.78, 5) is 4.85. The Morgan fingerprint density at radius 3 is 2.70 bits per heavy atom. The standard InChI is InChI=1S/C16H26N2O2/c1-5-17-9-10-18(11-12(17)2)14-7-6-8-15(20-4)16(14)13(3)19/h6-8,12-13,19H,5,9-11H2,1-4H3/t12?,13-/m0/s1. The Kier molecular flexibility index (Phi) is 4.89. The largest absolute Gasteiger partial charge is 0.496 e. The molecular formula is C16H26N2O2. The maximum absolute atomic E-state index is 10.1. The molecule has 112 valence electrons. The molecule has 1 aromatic carbocycles. The van der Waals surface area contributed by atoms with Gasteiger partial charge in [0.1, 0.15) is 5.75 Å². The fourth-order valence-electron chi connectivity index (χ4n) is 3.09. The number of hydrogen-bond acceptors (Lipinski definition) is 4. The van der Waals surface area contributed by atoms with Gasteiger partial charge in [0.25, 0.3) is 0 Å². The molecule has 1 heterocycles. The molecule has 1 N–H and O–H groups in total. The van der Waals surface area contributed by atoms with Crippen LogP contribution >= 0.6 is 0 Å². The second kappa shape index (κ2) is 6.46. The van der Waals surface area contributed by atoms with E-state index in [4.69, 9.17) is 4.74 Å². The zero-order valence-electron chi connectivity index (χ0n) is 13.0. The Balaban J connectivity index is 2.29. The summed E-state index contributed by atoms with van der Waals surface area (Å²) < 4.78 is 5.41. The van der Waals surface area contributed by atoms with Crippen LogP contribution in [0.1, 0.15) is 32.4 Å². The molecule has 2 atom stereocenters. The predicted molar refractivity (Wildman–Crippen MR) is 82.5 cm³/mol. The van der Waals surface area contributed by atoms with Crippen molar-refractivity contribution < 1.29 is 9.84 Å². The van der Waals surface area contributed by atoms with Gasteiger partial charge in [-0.1, -0.05) is 13.0 Å². The van der Waals surface area contributed by atoms with E-state index in [2.05, 4.69) is 29.7 Å². The summed E-state index contributed by atoms with van der Waals surface area (Å²) in [6, 6.07) is 6.52. The molecule has 1 aliphatic heterocycles. The number of methoxy groups -OCH3 is 1. The Labute approximate surface area is 122 Å². The Morgan fingerprint density at radius 1 is 1.40 bits per heavy atom. The minimum Gasteiger partial charge on any atom is -0.496 e. The van der Waals surface area contributed by atoms with Gasteiger partial charge in [-0.2, -0.15) is 0 Å². The lowest BCUT2D eigenvalue weighted by atomic mass is 10.0. The number of aliphatic hydroxyl groups excluding tert-OH is 1. The van der Waals surface area contributed by atoms with Gasteiger partial charge < -0.3 is 14.7 Å². The first kappa shape index (κ1) is 15.1. The average molecular weight is 278 g/mol. The summed E-state index contributed by atoms with van der Waals surface area (Å²) in [5.41, 5.74) is 1.99. The van der Waals surface area contributed by atoms with Gasteiger partial charge in [-0.25, -0.2) is 0 Å². The van der Waals surface area contributed by atoms with Gasteiger partial charge in [-0.3, -0.25) is 4.90 Å². The van der Waals surface area contributed by atoms with E-state index in [9.17, 15) is 5.11 Å². The van der Waals surface area contributed by atoms with Gasteiger partial charge in [-0.05, 0) is 32.5 Å². The monoisotopic (exact) mass is 278 g/mol. The van der Waals surface area contributed by atoms with E-state index >= 15 is 0 Å². The van der Waals surface area contributed by atoms with Crippen LogP contribution in [0.4, 0.5) is 5.69 Å². The molecule has 1 fully saturated rings. The lowest BCUT2D eigenvalue weighted by Crippen LogP contribution is -2.52. The lowest BCUT2D eigenvalue weighted by Gasteiger charge is -2.41. The van der Waals surface area contributed by atoms with Crippen LogP contribution in [0.5, 0.6) is 5.75 Å². The van der Waals surface area contributed by atoms with Crippen LogP contribution < -0.4 is 9.64 Å². The van der Waals surface area contributed by atoms with Gasteiger partial charge in [0.2, 0.25) is 0 Å². The first-order chi connectivity index (χ1) is 9.58. The number of ether oxygens (including phenoxy) is 1. The maximum Gasteiger partial charge on any atom is 0.126 e. The molecule has 0 saturated carbocycles. The number of piperazine rings is 1. The summed E-state index contributed by atoms with van der Waals surface area (Å²) in [7, 11) is 1.66. The molecule has 1 aromatic rings. The number of anilines is 1. The molecule has 2 rings (SSSR count).